The van der Waals surface area contributed by atoms with Crippen molar-refractivity contribution in [3.8, 4) is 5.75 Å². The molecular weight excluding hydrogens is 430 g/mol. The highest BCUT2D eigenvalue weighted by Crippen LogP contribution is 2.23. The smallest absolute Gasteiger partial charge is 0.243 e. The van der Waals surface area contributed by atoms with Crippen LogP contribution in [-0.2, 0) is 19.6 Å². The van der Waals surface area contributed by atoms with Crippen molar-refractivity contribution in [1.82, 2.24) is 14.5 Å². The fraction of sp³-hybridized carbons (Fsp3) is 0.696. The van der Waals surface area contributed by atoms with Gasteiger partial charge in [0.05, 0.1) is 24.0 Å². The summed E-state index contributed by atoms with van der Waals surface area (Å²) < 4.78 is 38.0. The number of rotatable bonds is 10. The van der Waals surface area contributed by atoms with E-state index in [1.165, 1.54) is 4.31 Å². The molecule has 0 saturated carbocycles. The van der Waals surface area contributed by atoms with E-state index in [1.54, 1.807) is 24.3 Å². The Morgan fingerprint density at radius 3 is 2.59 bits per heavy atom. The van der Waals surface area contributed by atoms with E-state index in [2.05, 4.69) is 24.1 Å². The number of unbranched alkanes of at least 4 members (excludes halogenated alkanes) is 1. The van der Waals surface area contributed by atoms with E-state index in [1.807, 2.05) is 0 Å². The van der Waals surface area contributed by atoms with Crippen molar-refractivity contribution >= 4 is 15.9 Å². The number of carbonyl (C=O) groups excluding carboxylic acids is 1. The predicted molar refractivity (Wildman–Crippen MR) is 123 cm³/mol. The molecule has 2 fully saturated rings. The van der Waals surface area contributed by atoms with Crippen LogP contribution in [0.5, 0.6) is 5.75 Å². The summed E-state index contributed by atoms with van der Waals surface area (Å²) in [5.41, 5.74) is 0. The number of amides is 1. The number of benzene rings is 1. The minimum atomic E-state index is -3.49. The fourth-order valence-corrected chi connectivity index (χ4v) is 5.57. The van der Waals surface area contributed by atoms with Gasteiger partial charge in [0.1, 0.15) is 12.4 Å². The van der Waals surface area contributed by atoms with Gasteiger partial charge >= 0.3 is 0 Å². The largest absolute Gasteiger partial charge is 0.492 e. The van der Waals surface area contributed by atoms with Crippen LogP contribution in [-0.4, -0.2) is 82.1 Å². The third-order valence-electron chi connectivity index (χ3n) is 6.29. The van der Waals surface area contributed by atoms with Crippen LogP contribution in [0.2, 0.25) is 0 Å². The number of morpholine rings is 1. The summed E-state index contributed by atoms with van der Waals surface area (Å²) in [6.07, 6.45) is 4.01. The molecule has 0 aliphatic carbocycles. The summed E-state index contributed by atoms with van der Waals surface area (Å²) in [4.78, 5) is 15.0. The summed E-state index contributed by atoms with van der Waals surface area (Å²) in [5.74, 6) is 0.838. The quantitative estimate of drug-likeness (QED) is 0.530. The Morgan fingerprint density at radius 2 is 1.91 bits per heavy atom. The molecule has 1 amide bonds. The van der Waals surface area contributed by atoms with E-state index < -0.39 is 10.0 Å². The zero-order valence-electron chi connectivity index (χ0n) is 19.3. The van der Waals surface area contributed by atoms with Gasteiger partial charge in [0.25, 0.3) is 0 Å². The SMILES string of the molecule is CCCCNC(=O)C1CCC(C)N(CCOc2ccc(S(=O)(=O)N3CCOCC3)cc2)C1. The number of carbonyl (C=O) groups is 1. The number of hydrogen-bond acceptors (Lipinski definition) is 6. The van der Waals surface area contributed by atoms with Gasteiger partial charge in [-0.2, -0.15) is 4.31 Å². The molecule has 0 spiro atoms. The van der Waals surface area contributed by atoms with Crippen LogP contribution < -0.4 is 10.1 Å². The number of hydrogen-bond donors (Lipinski definition) is 1. The second kappa shape index (κ2) is 12.0. The number of sulfonamides is 1. The molecule has 1 aromatic carbocycles. The Labute approximate surface area is 192 Å². The van der Waals surface area contributed by atoms with Crippen molar-refractivity contribution in [3.05, 3.63) is 24.3 Å². The Hall–Kier alpha value is -1.68. The van der Waals surface area contributed by atoms with E-state index in [4.69, 9.17) is 9.47 Å². The van der Waals surface area contributed by atoms with Crippen LogP contribution in [0.15, 0.2) is 29.2 Å². The standard InChI is InChI=1S/C23H37N3O5S/c1-3-4-11-24-23(27)20-6-5-19(2)25(18-20)12-17-31-21-7-9-22(10-8-21)32(28,29)26-13-15-30-16-14-26/h7-10,19-20H,3-6,11-18H2,1-2H3,(H,24,27). The van der Waals surface area contributed by atoms with Crippen LogP contribution in [0.25, 0.3) is 0 Å². The summed E-state index contributed by atoms with van der Waals surface area (Å²) in [5, 5.41) is 3.06. The van der Waals surface area contributed by atoms with Gasteiger partial charge in [-0.1, -0.05) is 13.3 Å². The topological polar surface area (TPSA) is 88.2 Å². The molecule has 32 heavy (non-hydrogen) atoms. The third kappa shape index (κ3) is 6.66. The van der Waals surface area contributed by atoms with E-state index in [0.717, 1.165) is 45.3 Å². The van der Waals surface area contributed by atoms with Crippen LogP contribution in [0.1, 0.15) is 39.5 Å². The van der Waals surface area contributed by atoms with E-state index in [9.17, 15) is 13.2 Å². The van der Waals surface area contributed by atoms with Gasteiger partial charge in [0, 0.05) is 38.8 Å². The Balaban J connectivity index is 1.47. The maximum atomic E-state index is 12.7. The average Bonchev–Trinajstić information content (AvgIpc) is 2.81. The maximum Gasteiger partial charge on any atom is 0.243 e. The molecule has 2 unspecified atom stereocenters. The first-order chi connectivity index (χ1) is 15.4. The first-order valence-electron chi connectivity index (χ1n) is 11.7. The highest BCUT2D eigenvalue weighted by molar-refractivity contribution is 7.89. The lowest BCUT2D eigenvalue weighted by molar-refractivity contribution is -0.127. The Bertz CT molecular complexity index is 825. The van der Waals surface area contributed by atoms with Crippen LogP contribution in [0, 0.1) is 5.92 Å². The summed E-state index contributed by atoms with van der Waals surface area (Å²) >= 11 is 0. The van der Waals surface area contributed by atoms with Crippen molar-refractivity contribution in [2.24, 2.45) is 5.92 Å². The normalized spacial score (nSPS) is 23.1. The molecule has 2 aliphatic heterocycles. The molecular formula is C23H37N3O5S. The lowest BCUT2D eigenvalue weighted by atomic mass is 9.92. The molecule has 0 radical (unpaired) electrons. The molecule has 3 rings (SSSR count). The number of piperidine rings is 1. The summed E-state index contributed by atoms with van der Waals surface area (Å²) in [6, 6.07) is 7.02. The average molecular weight is 468 g/mol. The van der Waals surface area contributed by atoms with Gasteiger partial charge in [0.2, 0.25) is 15.9 Å². The molecule has 2 saturated heterocycles. The van der Waals surface area contributed by atoms with Crippen molar-refractivity contribution < 1.29 is 22.7 Å². The second-order valence-corrected chi connectivity index (χ2v) is 10.5. The zero-order chi connectivity index (χ0) is 23.0. The molecule has 8 nitrogen and oxygen atoms in total. The van der Waals surface area contributed by atoms with Crippen LogP contribution in [0.4, 0.5) is 0 Å². The number of ether oxygens (including phenoxy) is 2. The zero-order valence-corrected chi connectivity index (χ0v) is 20.1. The van der Waals surface area contributed by atoms with E-state index in [0.29, 0.717) is 44.7 Å². The lowest BCUT2D eigenvalue weighted by Gasteiger charge is -2.37. The minimum absolute atomic E-state index is 0.0349. The molecule has 1 aromatic rings. The predicted octanol–water partition coefficient (Wildman–Crippen LogP) is 2.10. The molecule has 0 aromatic heterocycles. The highest BCUT2D eigenvalue weighted by atomic mass is 32.2. The van der Waals surface area contributed by atoms with Gasteiger partial charge in [0.15, 0.2) is 0 Å². The highest BCUT2D eigenvalue weighted by Gasteiger charge is 2.29. The fourth-order valence-electron chi connectivity index (χ4n) is 4.16. The second-order valence-electron chi connectivity index (χ2n) is 8.60. The van der Waals surface area contributed by atoms with Gasteiger partial charge < -0.3 is 14.8 Å². The number of nitrogens with zero attached hydrogens (tertiary/aromatic N) is 2. The lowest BCUT2D eigenvalue weighted by Crippen LogP contribution is -2.48. The van der Waals surface area contributed by atoms with E-state index >= 15 is 0 Å². The van der Waals surface area contributed by atoms with Crippen LogP contribution >= 0.6 is 0 Å². The van der Waals surface area contributed by atoms with Crippen molar-refractivity contribution in [1.29, 1.82) is 0 Å². The minimum Gasteiger partial charge on any atom is -0.492 e. The van der Waals surface area contributed by atoms with Crippen LogP contribution in [0.3, 0.4) is 0 Å². The van der Waals surface area contributed by atoms with Crippen molar-refractivity contribution in [3.63, 3.8) is 0 Å². The Morgan fingerprint density at radius 1 is 1.19 bits per heavy atom. The first-order valence-corrected chi connectivity index (χ1v) is 13.2. The van der Waals surface area contributed by atoms with Gasteiger partial charge in [-0.05, 0) is 50.5 Å². The molecule has 2 atom stereocenters. The monoisotopic (exact) mass is 467 g/mol. The van der Waals surface area contributed by atoms with Crippen molar-refractivity contribution in [2.45, 2.75) is 50.5 Å². The molecule has 180 valence electrons. The summed E-state index contributed by atoms with van der Waals surface area (Å²) in [6.45, 7) is 8.65. The first kappa shape index (κ1) is 25.0. The number of nitrogens with one attached hydrogen (secondary N) is 1. The molecule has 2 aliphatic rings. The van der Waals surface area contributed by atoms with Gasteiger partial charge in [-0.15, -0.1) is 0 Å². The van der Waals surface area contributed by atoms with E-state index in [-0.39, 0.29) is 16.7 Å². The summed E-state index contributed by atoms with van der Waals surface area (Å²) in [7, 11) is -3.49. The molecule has 1 N–H and O–H groups in total. The van der Waals surface area contributed by atoms with Crippen molar-refractivity contribution in [2.75, 3.05) is 52.5 Å². The van der Waals surface area contributed by atoms with Gasteiger partial charge in [-0.25, -0.2) is 8.42 Å². The molecule has 9 heteroatoms. The number of likely N-dealkylation sites (tertiary alicyclic amines) is 1. The van der Waals surface area contributed by atoms with Gasteiger partial charge in [-0.3, -0.25) is 9.69 Å². The maximum absolute atomic E-state index is 12.7. The Kier molecular flexibility index (Phi) is 9.34. The molecule has 2 heterocycles. The third-order valence-corrected chi connectivity index (χ3v) is 8.20. The molecule has 0 bridgehead atoms.